The van der Waals surface area contributed by atoms with E-state index in [1.54, 1.807) is 6.07 Å². The lowest BCUT2D eigenvalue weighted by Crippen LogP contribution is -2.15. The van der Waals surface area contributed by atoms with Gasteiger partial charge in [-0.2, -0.15) is 11.8 Å². The monoisotopic (exact) mass is 379 g/mol. The molecule has 0 bridgehead atoms. The second-order valence-electron chi connectivity index (χ2n) is 4.05. The summed E-state index contributed by atoms with van der Waals surface area (Å²) in [5.41, 5.74) is 1.05. The molecule has 1 aromatic rings. The van der Waals surface area contributed by atoms with Crippen LogP contribution in [0.5, 0.6) is 0 Å². The van der Waals surface area contributed by atoms with Gasteiger partial charge in [0.25, 0.3) is 5.69 Å². The van der Waals surface area contributed by atoms with Gasteiger partial charge in [0.2, 0.25) is 0 Å². The molecule has 0 aliphatic carbocycles. The van der Waals surface area contributed by atoms with Crippen molar-refractivity contribution in [3.63, 3.8) is 0 Å². The normalized spacial score (nSPS) is 23.9. The second kappa shape index (κ2) is 5.71. The van der Waals surface area contributed by atoms with Crippen molar-refractivity contribution in [2.24, 2.45) is 5.92 Å². The lowest BCUT2D eigenvalue weighted by atomic mass is 9.98. The van der Waals surface area contributed by atoms with E-state index in [0.717, 1.165) is 28.0 Å². The predicted molar refractivity (Wildman–Crippen MR) is 78.0 cm³/mol. The molecule has 2 atom stereocenters. The number of hydrogen-bond donors (Lipinski definition) is 0. The van der Waals surface area contributed by atoms with Crippen LogP contribution in [-0.2, 0) is 6.42 Å². The Morgan fingerprint density at radius 2 is 2.24 bits per heavy atom. The van der Waals surface area contributed by atoms with Gasteiger partial charge in [0.15, 0.2) is 0 Å². The van der Waals surface area contributed by atoms with Gasteiger partial charge in [0, 0.05) is 26.7 Å². The molecule has 1 aromatic carbocycles. The molecule has 3 nitrogen and oxygen atoms in total. The first kappa shape index (κ1) is 13.4. The van der Waals surface area contributed by atoms with E-state index < -0.39 is 0 Å². The highest BCUT2D eigenvalue weighted by Crippen LogP contribution is 2.34. The standard InChI is InChI=1S/C11H11Br2NO2S/c12-9-2-1-7(11(4-9)14(15)16)3-8-5-17-6-10(8)13/h1-2,4,8,10H,3,5-6H2. The fraction of sp³-hybridized carbons (Fsp3) is 0.455. The Morgan fingerprint density at radius 1 is 1.47 bits per heavy atom. The van der Waals surface area contributed by atoms with Gasteiger partial charge in [-0.25, -0.2) is 0 Å². The van der Waals surface area contributed by atoms with Crippen molar-refractivity contribution in [3.8, 4) is 0 Å². The highest BCUT2D eigenvalue weighted by molar-refractivity contribution is 9.10. The molecule has 1 saturated heterocycles. The number of thioether (sulfide) groups is 1. The first-order chi connectivity index (χ1) is 8.08. The van der Waals surface area contributed by atoms with E-state index in [9.17, 15) is 10.1 Å². The van der Waals surface area contributed by atoms with Gasteiger partial charge in [-0.05, 0) is 24.2 Å². The average molecular weight is 381 g/mol. The largest absolute Gasteiger partial charge is 0.273 e. The number of hydrogen-bond acceptors (Lipinski definition) is 3. The Bertz CT molecular complexity index is 441. The minimum absolute atomic E-state index is 0.218. The van der Waals surface area contributed by atoms with Gasteiger partial charge in [0.1, 0.15) is 0 Å². The van der Waals surface area contributed by atoms with Crippen molar-refractivity contribution in [2.45, 2.75) is 11.2 Å². The number of alkyl halides is 1. The molecule has 2 unspecified atom stereocenters. The molecule has 0 amide bonds. The number of nitro groups is 1. The van der Waals surface area contributed by atoms with E-state index in [0.29, 0.717) is 10.7 Å². The Hall–Kier alpha value is -0.0700. The van der Waals surface area contributed by atoms with E-state index in [4.69, 9.17) is 0 Å². The van der Waals surface area contributed by atoms with E-state index in [2.05, 4.69) is 31.9 Å². The average Bonchev–Trinajstić information content (AvgIpc) is 2.67. The van der Waals surface area contributed by atoms with Crippen molar-refractivity contribution in [1.82, 2.24) is 0 Å². The molecular formula is C11H11Br2NO2S. The molecule has 1 aliphatic heterocycles. The zero-order chi connectivity index (χ0) is 12.4. The maximum atomic E-state index is 11.0. The van der Waals surface area contributed by atoms with Crippen molar-refractivity contribution in [2.75, 3.05) is 11.5 Å². The minimum Gasteiger partial charge on any atom is -0.258 e. The molecule has 0 N–H and O–H groups in total. The third-order valence-corrected chi connectivity index (χ3v) is 6.10. The van der Waals surface area contributed by atoms with Gasteiger partial charge >= 0.3 is 0 Å². The summed E-state index contributed by atoms with van der Waals surface area (Å²) in [6, 6.07) is 5.30. The number of benzene rings is 1. The van der Waals surface area contributed by atoms with Gasteiger partial charge < -0.3 is 0 Å². The molecule has 1 heterocycles. The zero-order valence-corrected chi connectivity index (χ0v) is 12.9. The van der Waals surface area contributed by atoms with Crippen LogP contribution in [0.4, 0.5) is 5.69 Å². The smallest absolute Gasteiger partial charge is 0.258 e. The Balaban J connectivity index is 2.22. The van der Waals surface area contributed by atoms with Crippen molar-refractivity contribution < 1.29 is 4.92 Å². The number of halogens is 2. The maximum absolute atomic E-state index is 11.0. The topological polar surface area (TPSA) is 43.1 Å². The van der Waals surface area contributed by atoms with Crippen LogP contribution in [0.2, 0.25) is 0 Å². The molecular weight excluding hydrogens is 370 g/mol. The van der Waals surface area contributed by atoms with Gasteiger partial charge in [-0.3, -0.25) is 10.1 Å². The van der Waals surface area contributed by atoms with E-state index in [-0.39, 0.29) is 10.6 Å². The number of nitro benzene ring substituents is 1. The molecule has 0 spiro atoms. The van der Waals surface area contributed by atoms with Crippen LogP contribution in [0.3, 0.4) is 0 Å². The van der Waals surface area contributed by atoms with Crippen LogP contribution >= 0.6 is 43.6 Å². The van der Waals surface area contributed by atoms with Gasteiger partial charge in [-0.1, -0.05) is 37.9 Å². The highest BCUT2D eigenvalue weighted by atomic mass is 79.9. The van der Waals surface area contributed by atoms with Crippen molar-refractivity contribution in [3.05, 3.63) is 38.3 Å². The fourth-order valence-corrected chi connectivity index (χ4v) is 4.74. The molecule has 0 saturated carbocycles. The molecule has 2 rings (SSSR count). The zero-order valence-electron chi connectivity index (χ0n) is 8.94. The Kier molecular flexibility index (Phi) is 4.49. The van der Waals surface area contributed by atoms with E-state index in [1.807, 2.05) is 23.9 Å². The van der Waals surface area contributed by atoms with Crippen LogP contribution in [-0.4, -0.2) is 21.3 Å². The molecule has 17 heavy (non-hydrogen) atoms. The molecule has 1 fully saturated rings. The fourth-order valence-electron chi connectivity index (χ4n) is 1.92. The lowest BCUT2D eigenvalue weighted by molar-refractivity contribution is -0.385. The van der Waals surface area contributed by atoms with Crippen LogP contribution in [0.25, 0.3) is 0 Å². The summed E-state index contributed by atoms with van der Waals surface area (Å²) in [6.45, 7) is 0. The SMILES string of the molecule is O=[N+]([O-])c1cc(Br)ccc1CC1CSCC1Br. The molecule has 0 aromatic heterocycles. The summed E-state index contributed by atoms with van der Waals surface area (Å²) >= 11 is 8.81. The maximum Gasteiger partial charge on any atom is 0.273 e. The van der Waals surface area contributed by atoms with Crippen LogP contribution in [0.1, 0.15) is 5.56 Å². The summed E-state index contributed by atoms with van der Waals surface area (Å²) in [6.07, 6.45) is 0.770. The number of rotatable bonds is 3. The Labute approximate surface area is 121 Å². The van der Waals surface area contributed by atoms with Crippen LogP contribution in [0.15, 0.2) is 22.7 Å². The summed E-state index contributed by atoms with van der Waals surface area (Å²) in [7, 11) is 0. The quantitative estimate of drug-likeness (QED) is 0.451. The van der Waals surface area contributed by atoms with Crippen molar-refractivity contribution >= 4 is 49.3 Å². The minimum atomic E-state index is -0.300. The third-order valence-electron chi connectivity index (χ3n) is 2.85. The molecule has 6 heteroatoms. The molecule has 1 aliphatic rings. The van der Waals surface area contributed by atoms with Crippen LogP contribution < -0.4 is 0 Å². The summed E-state index contributed by atoms with van der Waals surface area (Å²) in [5.74, 6) is 2.65. The Morgan fingerprint density at radius 3 is 2.82 bits per heavy atom. The summed E-state index contributed by atoms with van der Waals surface area (Å²) in [4.78, 5) is 11.2. The van der Waals surface area contributed by atoms with Gasteiger partial charge in [0.05, 0.1) is 4.92 Å². The highest BCUT2D eigenvalue weighted by Gasteiger charge is 2.28. The van der Waals surface area contributed by atoms with E-state index in [1.165, 1.54) is 0 Å². The van der Waals surface area contributed by atoms with Crippen molar-refractivity contribution in [1.29, 1.82) is 0 Å². The van der Waals surface area contributed by atoms with Gasteiger partial charge in [-0.15, -0.1) is 0 Å². The lowest BCUT2D eigenvalue weighted by Gasteiger charge is -2.13. The molecule has 0 radical (unpaired) electrons. The van der Waals surface area contributed by atoms with Crippen LogP contribution in [0, 0.1) is 16.0 Å². The summed E-state index contributed by atoms with van der Waals surface area (Å²) in [5, 5.41) is 11.0. The van der Waals surface area contributed by atoms with E-state index >= 15 is 0 Å². The summed E-state index contributed by atoms with van der Waals surface area (Å²) < 4.78 is 0.754. The first-order valence-electron chi connectivity index (χ1n) is 5.22. The second-order valence-corrected chi connectivity index (χ2v) is 7.21. The molecule has 92 valence electrons. The predicted octanol–water partition coefficient (Wildman–Crippen LogP) is 4.03. The number of nitrogens with zero attached hydrogens (tertiary/aromatic N) is 1. The third kappa shape index (κ3) is 3.23. The first-order valence-corrected chi connectivity index (χ1v) is 8.09.